The molecule has 2 aliphatic heterocycles. The van der Waals surface area contributed by atoms with Crippen LogP contribution in [0.25, 0.3) is 0 Å². The van der Waals surface area contributed by atoms with Crippen LogP contribution in [0, 0.1) is 6.92 Å². The second-order valence-electron chi connectivity index (χ2n) is 6.71. The van der Waals surface area contributed by atoms with Gasteiger partial charge in [-0.15, -0.1) is 11.3 Å². The van der Waals surface area contributed by atoms with Crippen molar-refractivity contribution in [2.75, 3.05) is 26.2 Å². The van der Waals surface area contributed by atoms with Crippen LogP contribution in [-0.2, 0) is 11.3 Å². The molecular weight excluding hydrogens is 382 g/mol. The number of carbonyl (C=O) groups is 3. The summed E-state index contributed by atoms with van der Waals surface area (Å²) in [5, 5.41) is 8.04. The fourth-order valence-electron chi connectivity index (χ4n) is 3.61. The van der Waals surface area contributed by atoms with Crippen molar-refractivity contribution < 1.29 is 14.4 Å². The number of carbonyl (C=O) groups excluding carboxylic acids is 3. The summed E-state index contributed by atoms with van der Waals surface area (Å²) in [5.41, 5.74) is 6.12. The van der Waals surface area contributed by atoms with Gasteiger partial charge in [0, 0.05) is 31.1 Å². The average molecular weight is 403 g/mol. The van der Waals surface area contributed by atoms with Crippen molar-refractivity contribution in [2.24, 2.45) is 5.73 Å². The molecule has 10 nitrogen and oxygen atoms in total. The van der Waals surface area contributed by atoms with Crippen molar-refractivity contribution in [1.29, 1.82) is 0 Å². The number of fused-ring (bicyclic) bond motifs is 1. The maximum atomic E-state index is 13.0. The van der Waals surface area contributed by atoms with E-state index < -0.39 is 12.1 Å². The van der Waals surface area contributed by atoms with Crippen LogP contribution in [0.3, 0.4) is 0 Å². The Morgan fingerprint density at radius 1 is 1.29 bits per heavy atom. The van der Waals surface area contributed by atoms with E-state index in [4.69, 9.17) is 5.73 Å². The molecule has 11 heteroatoms. The molecule has 0 radical (unpaired) electrons. The molecule has 148 valence electrons. The number of aromatic nitrogens is 2. The number of piperazine rings is 1. The first-order valence-electron chi connectivity index (χ1n) is 8.94. The van der Waals surface area contributed by atoms with Gasteiger partial charge in [0.25, 0.3) is 5.91 Å². The van der Waals surface area contributed by atoms with E-state index in [9.17, 15) is 14.4 Å². The highest BCUT2D eigenvalue weighted by molar-refractivity contribution is 7.10. The molecule has 4 rings (SSSR count). The summed E-state index contributed by atoms with van der Waals surface area (Å²) in [5.74, 6) is 0.479. The monoisotopic (exact) mass is 403 g/mol. The maximum Gasteiger partial charge on any atom is 0.344 e. The lowest BCUT2D eigenvalue weighted by Crippen LogP contribution is -2.57. The molecule has 0 aromatic carbocycles. The van der Waals surface area contributed by atoms with Crippen LogP contribution in [0.15, 0.2) is 23.7 Å². The average Bonchev–Trinajstić information content (AvgIpc) is 3.39. The third kappa shape index (κ3) is 3.22. The number of nitrogens with one attached hydrogen (secondary N) is 1. The Hall–Kier alpha value is -2.92. The Morgan fingerprint density at radius 3 is 2.64 bits per heavy atom. The molecule has 0 bridgehead atoms. The fourth-order valence-corrected chi connectivity index (χ4v) is 4.38. The molecule has 0 aliphatic carbocycles. The number of imidazole rings is 1. The van der Waals surface area contributed by atoms with Crippen LogP contribution < -0.4 is 11.1 Å². The summed E-state index contributed by atoms with van der Waals surface area (Å²) in [6.45, 7) is 4.26. The van der Waals surface area contributed by atoms with Gasteiger partial charge in [-0.1, -0.05) is 6.07 Å². The molecule has 1 atom stereocenters. The molecule has 2 aromatic heterocycles. The van der Waals surface area contributed by atoms with Crippen LogP contribution in [0.1, 0.15) is 22.4 Å². The second-order valence-corrected chi connectivity index (χ2v) is 7.69. The lowest BCUT2D eigenvalue weighted by Gasteiger charge is -2.39. The topological polar surface area (TPSA) is 117 Å². The van der Waals surface area contributed by atoms with Gasteiger partial charge in [-0.25, -0.2) is 24.1 Å². The Morgan fingerprint density at radius 2 is 2.04 bits per heavy atom. The Balaban J connectivity index is 1.40. The SMILES string of the molecule is Cc1ncc2n1C(=O)N(N1CCN(C(=O)C(NC(N)=O)c3cccs3)CC1)C2. The standard InChI is InChI=1S/C17H21N7O3S/c1-11-19-9-12-10-23(17(27)24(11)12)22-6-4-21(5-7-22)15(25)14(20-16(18)26)13-3-2-8-28-13/h2-3,8-9,14H,4-7,10H2,1H3,(H3,18,20,26). The van der Waals surface area contributed by atoms with Crippen molar-refractivity contribution >= 4 is 29.3 Å². The number of hydrazine groups is 1. The van der Waals surface area contributed by atoms with Crippen molar-refractivity contribution in [3.8, 4) is 0 Å². The summed E-state index contributed by atoms with van der Waals surface area (Å²) in [6.07, 6.45) is 1.72. The lowest BCUT2D eigenvalue weighted by molar-refractivity contribution is -0.137. The molecular formula is C17H21N7O3S. The first-order valence-corrected chi connectivity index (χ1v) is 9.82. The van der Waals surface area contributed by atoms with Gasteiger partial charge in [0.05, 0.1) is 18.4 Å². The minimum Gasteiger partial charge on any atom is -0.352 e. The van der Waals surface area contributed by atoms with Crippen LogP contribution in [-0.4, -0.2) is 68.6 Å². The highest BCUT2D eigenvalue weighted by atomic mass is 32.1. The Bertz CT molecular complexity index is 902. The van der Waals surface area contributed by atoms with Crippen molar-refractivity contribution in [1.82, 2.24) is 29.8 Å². The van der Waals surface area contributed by atoms with E-state index in [2.05, 4.69) is 10.3 Å². The molecule has 4 amide bonds. The number of hydrogen-bond acceptors (Lipinski definition) is 6. The molecule has 0 saturated carbocycles. The van der Waals surface area contributed by atoms with Crippen molar-refractivity contribution in [2.45, 2.75) is 19.5 Å². The Kier molecular flexibility index (Phi) is 4.77. The molecule has 3 N–H and O–H groups in total. The molecule has 0 spiro atoms. The summed E-state index contributed by atoms with van der Waals surface area (Å²) >= 11 is 1.39. The number of amides is 4. The van der Waals surface area contributed by atoms with E-state index >= 15 is 0 Å². The van der Waals surface area contributed by atoms with Gasteiger partial charge in [0.2, 0.25) is 0 Å². The number of nitrogens with two attached hydrogens (primary N) is 1. The van der Waals surface area contributed by atoms with Gasteiger partial charge in [-0.05, 0) is 18.4 Å². The number of primary amides is 1. The van der Waals surface area contributed by atoms with E-state index in [1.807, 2.05) is 16.5 Å². The molecule has 4 heterocycles. The van der Waals surface area contributed by atoms with Crippen LogP contribution >= 0.6 is 11.3 Å². The normalized spacial score (nSPS) is 18.2. The first-order chi connectivity index (χ1) is 13.5. The molecule has 2 aromatic rings. The van der Waals surface area contributed by atoms with Crippen molar-refractivity contribution in [3.63, 3.8) is 0 Å². The predicted molar refractivity (Wildman–Crippen MR) is 101 cm³/mol. The van der Waals surface area contributed by atoms with Gasteiger partial charge in [0.1, 0.15) is 11.9 Å². The van der Waals surface area contributed by atoms with E-state index in [1.165, 1.54) is 11.3 Å². The summed E-state index contributed by atoms with van der Waals surface area (Å²) in [6, 6.07) is 1.99. The summed E-state index contributed by atoms with van der Waals surface area (Å²) in [7, 11) is 0. The Labute approximate surface area is 165 Å². The van der Waals surface area contributed by atoms with Gasteiger partial charge >= 0.3 is 12.1 Å². The number of thiophene rings is 1. The van der Waals surface area contributed by atoms with E-state index in [0.29, 0.717) is 38.5 Å². The number of urea groups is 1. The molecule has 1 fully saturated rings. The van der Waals surface area contributed by atoms with Crippen LogP contribution in [0.4, 0.5) is 9.59 Å². The van der Waals surface area contributed by atoms with Gasteiger partial charge < -0.3 is 16.0 Å². The fraction of sp³-hybridized carbons (Fsp3) is 0.412. The molecule has 1 saturated heterocycles. The lowest BCUT2D eigenvalue weighted by atomic mass is 10.2. The summed E-state index contributed by atoms with van der Waals surface area (Å²) < 4.78 is 1.61. The van der Waals surface area contributed by atoms with E-state index in [0.717, 1.165) is 10.6 Å². The molecule has 28 heavy (non-hydrogen) atoms. The van der Waals surface area contributed by atoms with E-state index in [1.54, 1.807) is 33.7 Å². The zero-order chi connectivity index (χ0) is 19.8. The van der Waals surface area contributed by atoms with Crippen LogP contribution in [0.5, 0.6) is 0 Å². The zero-order valence-corrected chi connectivity index (χ0v) is 16.2. The van der Waals surface area contributed by atoms with Gasteiger partial charge in [-0.3, -0.25) is 9.80 Å². The highest BCUT2D eigenvalue weighted by Gasteiger charge is 2.36. The zero-order valence-electron chi connectivity index (χ0n) is 15.4. The predicted octanol–water partition coefficient (Wildman–Crippen LogP) is 0.506. The van der Waals surface area contributed by atoms with Crippen LogP contribution in [0.2, 0.25) is 0 Å². The quantitative estimate of drug-likeness (QED) is 0.771. The van der Waals surface area contributed by atoms with E-state index in [-0.39, 0.29) is 11.9 Å². The third-order valence-electron chi connectivity index (χ3n) is 5.01. The maximum absolute atomic E-state index is 13.0. The van der Waals surface area contributed by atoms with Gasteiger partial charge in [-0.2, -0.15) is 0 Å². The molecule has 2 aliphatic rings. The van der Waals surface area contributed by atoms with Gasteiger partial charge in [0.15, 0.2) is 0 Å². The third-order valence-corrected chi connectivity index (χ3v) is 5.94. The first kappa shape index (κ1) is 18.4. The number of rotatable bonds is 4. The minimum atomic E-state index is -0.785. The number of aryl methyl sites for hydroxylation is 1. The number of hydrogen-bond donors (Lipinski definition) is 2. The number of nitrogens with zero attached hydrogens (tertiary/aromatic N) is 5. The largest absolute Gasteiger partial charge is 0.352 e. The minimum absolute atomic E-state index is 0.114. The second kappa shape index (κ2) is 7.24. The van der Waals surface area contributed by atoms with Crippen molar-refractivity contribution in [3.05, 3.63) is 40.1 Å². The smallest absolute Gasteiger partial charge is 0.344 e. The summed E-state index contributed by atoms with van der Waals surface area (Å²) in [4.78, 5) is 43.6. The highest BCUT2D eigenvalue weighted by Crippen LogP contribution is 2.24. The molecule has 1 unspecified atom stereocenters.